The van der Waals surface area contributed by atoms with E-state index in [9.17, 15) is 28.7 Å². The molecule has 280 valence electrons. The molecule has 2 aliphatic carbocycles. The number of ether oxygens (including phenoxy) is 2. The molecular formula is C44H38ClFN2O7. The minimum atomic E-state index is -1.37. The van der Waals surface area contributed by atoms with Gasteiger partial charge in [-0.05, 0) is 92.3 Å². The summed E-state index contributed by atoms with van der Waals surface area (Å²) in [4.78, 5) is 60.0. The van der Waals surface area contributed by atoms with Crippen LogP contribution in [0.3, 0.4) is 0 Å². The lowest BCUT2D eigenvalue weighted by Crippen LogP contribution is -2.49. The zero-order valence-corrected chi connectivity index (χ0v) is 31.3. The molecule has 0 radical (unpaired) electrons. The molecule has 3 fully saturated rings. The minimum absolute atomic E-state index is 0.00545. The van der Waals surface area contributed by atoms with E-state index in [0.29, 0.717) is 28.3 Å². The van der Waals surface area contributed by atoms with E-state index >= 15 is 0 Å². The van der Waals surface area contributed by atoms with Crippen molar-refractivity contribution >= 4 is 58.8 Å². The molecule has 8 rings (SSSR count). The van der Waals surface area contributed by atoms with Crippen molar-refractivity contribution in [1.82, 2.24) is 0 Å². The number of benzene rings is 4. The van der Waals surface area contributed by atoms with Crippen molar-refractivity contribution in [2.45, 2.75) is 32.6 Å². The van der Waals surface area contributed by atoms with Crippen molar-refractivity contribution in [2.75, 3.05) is 24.0 Å². The molecule has 55 heavy (non-hydrogen) atoms. The fourth-order valence-electron chi connectivity index (χ4n) is 9.29. The summed E-state index contributed by atoms with van der Waals surface area (Å²) in [6.45, 7) is 3.49. The lowest BCUT2D eigenvalue weighted by molar-refractivity contribution is -0.131. The number of phenolic OH excluding ortho intramolecular Hbond substituents is 1. The first-order valence-corrected chi connectivity index (χ1v) is 18.5. The number of carbonyl (C=O) groups excluding carboxylic acids is 4. The lowest BCUT2D eigenvalue weighted by atomic mass is 9.51. The van der Waals surface area contributed by atoms with E-state index in [-0.39, 0.29) is 41.1 Å². The number of aryl methyl sites for hydroxylation is 1. The molecule has 11 heteroatoms. The summed E-state index contributed by atoms with van der Waals surface area (Å²) in [5.41, 5.74) is 2.65. The number of rotatable bonds is 7. The smallest absolute Gasteiger partial charge is 0.241 e. The number of para-hydroxylation sites is 1. The first-order valence-electron chi connectivity index (χ1n) is 18.1. The molecule has 1 N–H and O–H groups in total. The number of anilines is 2. The number of allylic oxidation sites excluding steroid dienone is 2. The van der Waals surface area contributed by atoms with E-state index < -0.39 is 52.6 Å². The van der Waals surface area contributed by atoms with Crippen molar-refractivity contribution in [3.8, 4) is 17.2 Å². The second-order valence-corrected chi connectivity index (χ2v) is 15.2. The Labute approximate surface area is 322 Å². The summed E-state index contributed by atoms with van der Waals surface area (Å²) >= 11 is 6.11. The molecule has 0 aromatic heterocycles. The van der Waals surface area contributed by atoms with Gasteiger partial charge >= 0.3 is 0 Å². The van der Waals surface area contributed by atoms with Gasteiger partial charge in [0.25, 0.3) is 0 Å². The lowest BCUT2D eigenvalue weighted by Gasteiger charge is -2.49. The number of hydrogen-bond donors (Lipinski definition) is 1. The molecule has 9 nitrogen and oxygen atoms in total. The molecule has 4 aromatic rings. The zero-order chi connectivity index (χ0) is 38.9. The molecule has 1 saturated carbocycles. The molecule has 4 aromatic carbocycles. The third-order valence-corrected chi connectivity index (χ3v) is 12.3. The highest BCUT2D eigenvalue weighted by atomic mass is 35.5. The number of halogens is 2. The van der Waals surface area contributed by atoms with Gasteiger partial charge in [0, 0.05) is 17.0 Å². The van der Waals surface area contributed by atoms with Gasteiger partial charge in [-0.2, -0.15) is 0 Å². The standard InChI is InChI=1S/C44H38ClFN2O7/c1-23-6-5-7-31(39(23)49)38-29-16-17-30-37(32(29)22-33-41(51)48(43(53)44(33,38)2)27-14-18-35(46)34(45)21-27)42(52)47(40(30)50)26-12-9-24(10-13-26)8-11-25-20-28(54-3)15-19-36(25)55-4/h5-16,18-21,30,32-33,37-38,49H,17,22H2,1-4H3/t30-,32+,33-,37-,38+,44+/m0/s1. The van der Waals surface area contributed by atoms with Gasteiger partial charge in [0.1, 0.15) is 23.1 Å². The van der Waals surface area contributed by atoms with Gasteiger partial charge in [0.05, 0.1) is 53.8 Å². The normalized spacial score (nSPS) is 25.9. The largest absolute Gasteiger partial charge is 0.507 e. The molecule has 4 aliphatic rings. The third kappa shape index (κ3) is 5.56. The van der Waals surface area contributed by atoms with E-state index in [0.717, 1.165) is 27.7 Å². The average molecular weight is 761 g/mol. The summed E-state index contributed by atoms with van der Waals surface area (Å²) in [5, 5.41) is 11.2. The third-order valence-electron chi connectivity index (χ3n) is 12.1. The Morgan fingerprint density at radius 1 is 0.855 bits per heavy atom. The van der Waals surface area contributed by atoms with Crippen LogP contribution >= 0.6 is 11.6 Å². The maximum Gasteiger partial charge on any atom is 0.241 e. The van der Waals surface area contributed by atoms with Crippen molar-refractivity contribution in [1.29, 1.82) is 0 Å². The van der Waals surface area contributed by atoms with Crippen LogP contribution in [0.5, 0.6) is 17.2 Å². The van der Waals surface area contributed by atoms with Gasteiger partial charge in [-0.15, -0.1) is 0 Å². The Morgan fingerprint density at radius 3 is 2.31 bits per heavy atom. The van der Waals surface area contributed by atoms with Gasteiger partial charge in [0.2, 0.25) is 23.6 Å². The SMILES string of the molecule is COc1ccc(OC)c(C=Cc2ccc(N3C(=O)[C@H]4[C@H](CC=C5[C@H]4C[C@H]4C(=O)N(c6ccc(F)c(Cl)c6)C(=O)[C@@]4(C)[C@H]5c4cccc(C)c4O)C3=O)cc2)c1. The molecule has 6 atom stereocenters. The van der Waals surface area contributed by atoms with Crippen molar-refractivity contribution < 1.29 is 38.1 Å². The zero-order valence-electron chi connectivity index (χ0n) is 30.6. The second-order valence-electron chi connectivity index (χ2n) is 14.8. The second kappa shape index (κ2) is 13.5. The summed E-state index contributed by atoms with van der Waals surface area (Å²) < 4.78 is 25.0. The van der Waals surface area contributed by atoms with E-state index in [1.54, 1.807) is 58.4 Å². The van der Waals surface area contributed by atoms with Crippen LogP contribution in [-0.4, -0.2) is 43.0 Å². The van der Waals surface area contributed by atoms with Crippen molar-refractivity contribution in [2.24, 2.45) is 29.1 Å². The Balaban J connectivity index is 1.14. The van der Waals surface area contributed by atoms with Crippen LogP contribution < -0.4 is 19.3 Å². The van der Waals surface area contributed by atoms with Crippen LogP contribution in [-0.2, 0) is 19.2 Å². The van der Waals surface area contributed by atoms with Crippen LogP contribution in [0.1, 0.15) is 47.9 Å². The van der Waals surface area contributed by atoms with Gasteiger partial charge in [-0.25, -0.2) is 9.29 Å². The van der Waals surface area contributed by atoms with E-state index in [2.05, 4.69) is 0 Å². The number of hydrogen-bond acceptors (Lipinski definition) is 7. The molecule has 2 heterocycles. The fraction of sp³-hybridized carbons (Fsp3) is 0.273. The van der Waals surface area contributed by atoms with E-state index in [4.69, 9.17) is 21.1 Å². The van der Waals surface area contributed by atoms with Gasteiger partial charge in [-0.3, -0.25) is 24.1 Å². The first-order chi connectivity index (χ1) is 26.4. The maximum atomic E-state index is 14.6. The predicted molar refractivity (Wildman–Crippen MR) is 206 cm³/mol. The first kappa shape index (κ1) is 36.2. The highest BCUT2D eigenvalue weighted by molar-refractivity contribution is 6.32. The molecule has 4 amide bonds. The van der Waals surface area contributed by atoms with Crippen LogP contribution in [0, 0.1) is 41.8 Å². The summed E-state index contributed by atoms with van der Waals surface area (Å²) in [6, 6.07) is 21.6. The van der Waals surface area contributed by atoms with Gasteiger partial charge in [0.15, 0.2) is 0 Å². The van der Waals surface area contributed by atoms with Crippen molar-refractivity contribution in [3.05, 3.63) is 124 Å². The Morgan fingerprint density at radius 2 is 1.60 bits per heavy atom. The highest BCUT2D eigenvalue weighted by Crippen LogP contribution is 2.64. The summed E-state index contributed by atoms with van der Waals surface area (Å²) in [7, 11) is 3.19. The number of aromatic hydroxyl groups is 1. The minimum Gasteiger partial charge on any atom is -0.507 e. The van der Waals surface area contributed by atoms with Crippen molar-refractivity contribution in [3.63, 3.8) is 0 Å². The fourth-order valence-corrected chi connectivity index (χ4v) is 9.46. The summed E-state index contributed by atoms with van der Waals surface area (Å²) in [5.74, 6) is -4.77. The quantitative estimate of drug-likeness (QED) is 0.115. The van der Waals surface area contributed by atoms with Crippen LogP contribution in [0.15, 0.2) is 90.5 Å². The molecule has 2 aliphatic heterocycles. The molecule has 0 unspecified atom stereocenters. The number of imide groups is 2. The number of amides is 4. The van der Waals surface area contributed by atoms with E-state index in [1.165, 1.54) is 17.0 Å². The number of phenols is 1. The molecule has 0 bridgehead atoms. The van der Waals surface area contributed by atoms with E-state index in [1.807, 2.05) is 48.6 Å². The molecule has 2 saturated heterocycles. The number of carbonyl (C=O) groups is 4. The number of methoxy groups -OCH3 is 2. The Bertz CT molecular complexity index is 2360. The van der Waals surface area contributed by atoms with Crippen LogP contribution in [0.25, 0.3) is 12.2 Å². The number of fused-ring (bicyclic) bond motifs is 4. The predicted octanol–water partition coefficient (Wildman–Crippen LogP) is 8.12. The Kier molecular flexibility index (Phi) is 8.92. The molecule has 0 spiro atoms. The van der Waals surface area contributed by atoms with Crippen LogP contribution in [0.4, 0.5) is 15.8 Å². The molecular weight excluding hydrogens is 723 g/mol. The maximum absolute atomic E-state index is 14.6. The Hall–Kier alpha value is -5.74. The monoisotopic (exact) mass is 760 g/mol. The topological polar surface area (TPSA) is 113 Å². The number of nitrogens with zero attached hydrogens (tertiary/aromatic N) is 2. The van der Waals surface area contributed by atoms with Crippen LogP contribution in [0.2, 0.25) is 5.02 Å². The summed E-state index contributed by atoms with van der Waals surface area (Å²) in [6.07, 6.45) is 6.11. The van der Waals surface area contributed by atoms with Gasteiger partial charge in [-0.1, -0.05) is 65.7 Å². The van der Waals surface area contributed by atoms with Gasteiger partial charge < -0.3 is 14.6 Å². The average Bonchev–Trinajstić information content (AvgIpc) is 3.55. The highest BCUT2D eigenvalue weighted by Gasteiger charge is 2.68.